The highest BCUT2D eigenvalue weighted by Gasteiger charge is 1.99. The van der Waals surface area contributed by atoms with Crippen LogP contribution in [0.4, 0.5) is 0 Å². The lowest BCUT2D eigenvalue weighted by atomic mass is 10.3. The van der Waals surface area contributed by atoms with Crippen LogP contribution >= 0.6 is 0 Å². The lowest BCUT2D eigenvalue weighted by Crippen LogP contribution is -2.03. The number of rotatable bonds is 5. The van der Waals surface area contributed by atoms with Gasteiger partial charge in [-0.3, -0.25) is 0 Å². The number of carbonyl (C=O) groups is 1. The molecule has 0 unspecified atom stereocenters. The van der Waals surface area contributed by atoms with Crippen molar-refractivity contribution in [3.8, 4) is 0 Å². The number of hydrogen-bond acceptors (Lipinski definition) is 3. The average Bonchev–Trinajstić information content (AvgIpc) is 2.03. The third-order valence-electron chi connectivity index (χ3n) is 1.55. The van der Waals surface area contributed by atoms with E-state index in [0.717, 1.165) is 6.04 Å². The topological polar surface area (TPSA) is 35.5 Å². The van der Waals surface area contributed by atoms with Gasteiger partial charge in [0.15, 0.2) is 0 Å². The lowest BCUT2D eigenvalue weighted by molar-refractivity contribution is -0.135. The van der Waals surface area contributed by atoms with Crippen molar-refractivity contribution in [3.05, 3.63) is 11.8 Å². The molecule has 0 aromatic rings. The van der Waals surface area contributed by atoms with Crippen LogP contribution in [0.5, 0.6) is 0 Å². The summed E-state index contributed by atoms with van der Waals surface area (Å²) in [5.41, 5.74) is 0. The third-order valence-corrected chi connectivity index (χ3v) is 3.60. The molecule has 0 rings (SSSR count). The molecule has 0 aliphatic heterocycles. The molecule has 0 aromatic heterocycles. The van der Waals surface area contributed by atoms with E-state index in [-0.39, 0.29) is 5.97 Å². The predicted molar refractivity (Wildman–Crippen MR) is 55.0 cm³/mol. The maximum atomic E-state index is 10.8. The SMILES string of the molecule is COC(=O)/C=C(\C)O[SiH2]CC(C)C. The van der Waals surface area contributed by atoms with Gasteiger partial charge in [-0.15, -0.1) is 0 Å². The molecule has 3 nitrogen and oxygen atoms in total. The molecule has 0 radical (unpaired) electrons. The molecule has 4 heteroatoms. The fourth-order valence-corrected chi connectivity index (χ4v) is 1.72. The molecule has 0 saturated carbocycles. The number of ether oxygens (including phenoxy) is 1. The summed E-state index contributed by atoms with van der Waals surface area (Å²) in [4.78, 5) is 10.8. The molecule has 0 aliphatic carbocycles. The highest BCUT2D eigenvalue weighted by Crippen LogP contribution is 2.02. The van der Waals surface area contributed by atoms with Crippen molar-refractivity contribution in [2.75, 3.05) is 7.11 Å². The van der Waals surface area contributed by atoms with Crippen molar-refractivity contribution in [2.45, 2.75) is 26.8 Å². The van der Waals surface area contributed by atoms with Crippen LogP contribution in [0.1, 0.15) is 20.8 Å². The first-order valence-corrected chi connectivity index (χ1v) is 6.03. The second-order valence-corrected chi connectivity index (χ2v) is 4.58. The summed E-state index contributed by atoms with van der Waals surface area (Å²) >= 11 is 0. The summed E-state index contributed by atoms with van der Waals surface area (Å²) in [6, 6.07) is 1.13. The molecule has 0 N–H and O–H groups in total. The molecule has 0 spiro atoms. The van der Waals surface area contributed by atoms with Gasteiger partial charge in [-0.2, -0.15) is 0 Å². The number of methoxy groups -OCH3 is 1. The zero-order chi connectivity index (χ0) is 10.3. The van der Waals surface area contributed by atoms with Gasteiger partial charge in [0, 0.05) is 0 Å². The van der Waals surface area contributed by atoms with Crippen LogP contribution in [0.2, 0.25) is 6.04 Å². The smallest absolute Gasteiger partial charge is 0.333 e. The first-order chi connectivity index (χ1) is 6.06. The molecule has 0 fully saturated rings. The van der Waals surface area contributed by atoms with E-state index < -0.39 is 9.76 Å². The monoisotopic (exact) mass is 202 g/mol. The summed E-state index contributed by atoms with van der Waals surface area (Å²) in [5.74, 6) is 0.993. The number of esters is 1. The first kappa shape index (κ1) is 12.2. The minimum atomic E-state index is -0.510. The number of hydrogen-bond donors (Lipinski definition) is 0. The zero-order valence-electron chi connectivity index (χ0n) is 8.79. The van der Waals surface area contributed by atoms with Crippen LogP contribution in [0.15, 0.2) is 11.8 Å². The Bertz CT molecular complexity index is 187. The van der Waals surface area contributed by atoms with Crippen molar-refractivity contribution in [1.29, 1.82) is 0 Å². The molecule has 0 aliphatic rings. The van der Waals surface area contributed by atoms with E-state index in [9.17, 15) is 4.79 Å². The average molecular weight is 202 g/mol. The third kappa shape index (κ3) is 7.58. The van der Waals surface area contributed by atoms with Gasteiger partial charge in [0.1, 0.15) is 0 Å². The Morgan fingerprint density at radius 2 is 2.15 bits per heavy atom. The molecular formula is C9H18O3Si. The first-order valence-electron chi connectivity index (χ1n) is 4.45. The Balaban J connectivity index is 3.67. The Morgan fingerprint density at radius 1 is 1.54 bits per heavy atom. The van der Waals surface area contributed by atoms with E-state index in [2.05, 4.69) is 18.6 Å². The summed E-state index contributed by atoms with van der Waals surface area (Å²) in [6.07, 6.45) is 1.38. The van der Waals surface area contributed by atoms with E-state index in [4.69, 9.17) is 4.43 Å². The van der Waals surface area contributed by atoms with Crippen LogP contribution in [0.3, 0.4) is 0 Å². The van der Waals surface area contributed by atoms with Crippen LogP contribution in [-0.2, 0) is 14.0 Å². The largest absolute Gasteiger partial charge is 0.552 e. The van der Waals surface area contributed by atoms with Crippen molar-refractivity contribution in [3.63, 3.8) is 0 Å². The van der Waals surface area contributed by atoms with Gasteiger partial charge in [-0.05, 0) is 18.9 Å². The molecule has 0 amide bonds. The van der Waals surface area contributed by atoms with Crippen molar-refractivity contribution in [2.24, 2.45) is 5.92 Å². The van der Waals surface area contributed by atoms with Gasteiger partial charge in [0.05, 0.1) is 18.9 Å². The van der Waals surface area contributed by atoms with Crippen LogP contribution in [0, 0.1) is 5.92 Å². The van der Waals surface area contributed by atoms with E-state index in [0.29, 0.717) is 11.7 Å². The molecule has 0 atom stereocenters. The van der Waals surface area contributed by atoms with Crippen molar-refractivity contribution in [1.82, 2.24) is 0 Å². The summed E-state index contributed by atoms with van der Waals surface area (Å²) in [5, 5.41) is 0. The van der Waals surface area contributed by atoms with Crippen molar-refractivity contribution >= 4 is 15.7 Å². The normalized spacial score (nSPS) is 12.5. The van der Waals surface area contributed by atoms with Crippen molar-refractivity contribution < 1.29 is 14.0 Å². The standard InChI is InChI=1S/C9H18O3Si/c1-7(2)6-13-12-8(3)5-9(10)11-4/h5,7H,6,13H2,1-4H3/b8-5+. The van der Waals surface area contributed by atoms with Crippen LogP contribution in [-0.4, -0.2) is 22.8 Å². The predicted octanol–water partition coefficient (Wildman–Crippen LogP) is 1.24. The van der Waals surface area contributed by atoms with E-state index in [1.165, 1.54) is 13.2 Å². The van der Waals surface area contributed by atoms with Crippen LogP contribution in [0.25, 0.3) is 0 Å². The van der Waals surface area contributed by atoms with Gasteiger partial charge >= 0.3 is 5.97 Å². The van der Waals surface area contributed by atoms with Gasteiger partial charge in [-0.1, -0.05) is 13.8 Å². The summed E-state index contributed by atoms with van der Waals surface area (Å²) in [7, 11) is 0.848. The fraction of sp³-hybridized carbons (Fsp3) is 0.667. The number of carbonyl (C=O) groups excluding carboxylic acids is 1. The second kappa shape index (κ2) is 6.71. The maximum absolute atomic E-state index is 10.8. The van der Waals surface area contributed by atoms with E-state index in [1.54, 1.807) is 6.92 Å². The Labute approximate surface area is 82.1 Å². The fourth-order valence-electron chi connectivity index (χ4n) is 0.722. The molecule has 0 heterocycles. The Hall–Kier alpha value is -0.773. The van der Waals surface area contributed by atoms with E-state index >= 15 is 0 Å². The van der Waals surface area contributed by atoms with Gasteiger partial charge in [0.25, 0.3) is 0 Å². The van der Waals surface area contributed by atoms with E-state index in [1.807, 2.05) is 0 Å². The minimum Gasteiger partial charge on any atom is -0.552 e. The molecule has 0 saturated heterocycles. The minimum absolute atomic E-state index is 0.351. The number of allylic oxidation sites excluding steroid dienone is 1. The Kier molecular flexibility index (Phi) is 6.31. The van der Waals surface area contributed by atoms with Gasteiger partial charge < -0.3 is 9.16 Å². The summed E-state index contributed by atoms with van der Waals surface area (Å²) < 4.78 is 9.89. The highest BCUT2D eigenvalue weighted by atomic mass is 28.2. The highest BCUT2D eigenvalue weighted by molar-refractivity contribution is 6.27. The van der Waals surface area contributed by atoms with Gasteiger partial charge in [0.2, 0.25) is 9.76 Å². The maximum Gasteiger partial charge on any atom is 0.333 e. The zero-order valence-corrected chi connectivity index (χ0v) is 10.2. The molecular weight excluding hydrogens is 184 g/mol. The molecule has 13 heavy (non-hydrogen) atoms. The van der Waals surface area contributed by atoms with Gasteiger partial charge in [-0.25, -0.2) is 4.79 Å². The quantitative estimate of drug-likeness (QED) is 0.291. The molecule has 0 aromatic carbocycles. The Morgan fingerprint density at radius 3 is 2.62 bits per heavy atom. The molecule has 76 valence electrons. The second-order valence-electron chi connectivity index (χ2n) is 3.31. The van der Waals surface area contributed by atoms with Crippen LogP contribution < -0.4 is 0 Å². The molecule has 0 bridgehead atoms. The summed E-state index contributed by atoms with van der Waals surface area (Å²) in [6.45, 7) is 6.11. The lowest BCUT2D eigenvalue weighted by Gasteiger charge is -2.07.